The molecule has 1 unspecified atom stereocenters. The van der Waals surface area contributed by atoms with Crippen molar-refractivity contribution < 1.29 is 9.59 Å². The van der Waals surface area contributed by atoms with Crippen LogP contribution in [0.3, 0.4) is 0 Å². The fraction of sp³-hybridized carbons (Fsp3) is 0.565. The van der Waals surface area contributed by atoms with Crippen LogP contribution in [0.4, 0.5) is 0 Å². The normalized spacial score (nSPS) is 26.1. The quantitative estimate of drug-likeness (QED) is 0.695. The van der Waals surface area contributed by atoms with E-state index in [0.29, 0.717) is 12.1 Å². The minimum absolute atomic E-state index is 0.0189. The number of hydrogen-bond donors (Lipinski definition) is 3. The summed E-state index contributed by atoms with van der Waals surface area (Å²) in [6.45, 7) is 10.5. The third-order valence-corrected chi connectivity index (χ3v) is 7.19. The van der Waals surface area contributed by atoms with Crippen LogP contribution in [-0.2, 0) is 9.59 Å². The second-order valence-electron chi connectivity index (χ2n) is 10.5. The molecule has 5 atom stereocenters. The number of hydrogen-bond acceptors (Lipinski definition) is 5. The monoisotopic (exact) mass is 422 g/mol. The van der Waals surface area contributed by atoms with Gasteiger partial charge in [-0.15, -0.1) is 0 Å². The number of carbonyl (C=O) groups excluding carboxylic acids is 2. The van der Waals surface area contributed by atoms with Crippen LogP contribution in [0.15, 0.2) is 24.7 Å². The van der Waals surface area contributed by atoms with Gasteiger partial charge < -0.3 is 20.9 Å². The summed E-state index contributed by atoms with van der Waals surface area (Å²) in [7, 11) is 0. The Hall–Kier alpha value is -2.92. The maximum Gasteiger partial charge on any atom is 0.244 e. The van der Waals surface area contributed by atoms with E-state index in [-0.39, 0.29) is 29.1 Å². The minimum Gasteiger partial charge on any atom is -0.360 e. The highest BCUT2D eigenvalue weighted by Gasteiger charge is 2.69. The molecule has 2 fully saturated rings. The molecule has 0 bridgehead atoms. The molecule has 4 N–H and O–H groups in total. The number of aromatic nitrogens is 2. The van der Waals surface area contributed by atoms with E-state index in [2.05, 4.69) is 35.2 Å². The molecule has 8 heteroatoms. The van der Waals surface area contributed by atoms with Gasteiger partial charge in [0, 0.05) is 29.9 Å². The molecule has 31 heavy (non-hydrogen) atoms. The first-order chi connectivity index (χ1) is 14.5. The molecular formula is C23H30N6O2. The summed E-state index contributed by atoms with van der Waals surface area (Å²) in [6.07, 6.45) is 5.05. The summed E-state index contributed by atoms with van der Waals surface area (Å²) in [5, 5.41) is 13.5. The third kappa shape index (κ3) is 3.37. The van der Waals surface area contributed by atoms with Crippen molar-refractivity contribution in [3.8, 4) is 6.07 Å². The molecule has 8 nitrogen and oxygen atoms in total. The third-order valence-electron chi connectivity index (χ3n) is 7.19. The molecule has 0 radical (unpaired) electrons. The first-order valence-corrected chi connectivity index (χ1v) is 10.7. The SMILES string of the molecule is CC(C)(C)[C@H](N)C(=O)N1C[C@H]2[C@@H]([C@H]1C(=O)NC(C#N)c1cncc3[nH]ccc13)C2(C)C. The first-order valence-electron chi connectivity index (χ1n) is 10.7. The lowest BCUT2D eigenvalue weighted by atomic mass is 9.86. The summed E-state index contributed by atoms with van der Waals surface area (Å²) in [6, 6.07) is 1.84. The number of likely N-dealkylation sites (tertiary alicyclic amines) is 1. The van der Waals surface area contributed by atoms with E-state index >= 15 is 0 Å². The van der Waals surface area contributed by atoms with Gasteiger partial charge in [0.15, 0.2) is 0 Å². The highest BCUT2D eigenvalue weighted by atomic mass is 16.2. The van der Waals surface area contributed by atoms with E-state index in [4.69, 9.17) is 5.73 Å². The van der Waals surface area contributed by atoms with Gasteiger partial charge in [-0.1, -0.05) is 34.6 Å². The van der Waals surface area contributed by atoms with E-state index in [1.54, 1.807) is 23.5 Å². The van der Waals surface area contributed by atoms with Gasteiger partial charge >= 0.3 is 0 Å². The van der Waals surface area contributed by atoms with Crippen LogP contribution in [0.5, 0.6) is 0 Å². The number of carbonyl (C=O) groups is 2. The Bertz CT molecular complexity index is 1080. The average Bonchev–Trinajstić information content (AvgIpc) is 3.13. The van der Waals surface area contributed by atoms with E-state index in [1.807, 2.05) is 26.8 Å². The predicted molar refractivity (Wildman–Crippen MR) is 116 cm³/mol. The van der Waals surface area contributed by atoms with E-state index in [0.717, 1.165) is 10.9 Å². The molecule has 0 aromatic carbocycles. The summed E-state index contributed by atoms with van der Waals surface area (Å²) in [5.74, 6) is -0.205. The van der Waals surface area contributed by atoms with Gasteiger partial charge in [-0.3, -0.25) is 14.6 Å². The van der Waals surface area contributed by atoms with Crippen LogP contribution in [0, 0.1) is 34.0 Å². The van der Waals surface area contributed by atoms with Gasteiger partial charge in [0.05, 0.1) is 23.8 Å². The number of nitriles is 1. The molecule has 2 amide bonds. The van der Waals surface area contributed by atoms with Gasteiger partial charge in [-0.05, 0) is 28.7 Å². The lowest BCUT2D eigenvalue weighted by Gasteiger charge is -2.35. The number of aromatic amines is 1. The Morgan fingerprint density at radius 2 is 2.10 bits per heavy atom. The Kier molecular flexibility index (Phi) is 4.85. The number of nitrogens with one attached hydrogen (secondary N) is 2. The largest absolute Gasteiger partial charge is 0.360 e. The van der Waals surface area contributed by atoms with Crippen molar-refractivity contribution in [2.45, 2.75) is 52.7 Å². The Labute approximate surface area is 182 Å². The lowest BCUT2D eigenvalue weighted by molar-refractivity contribution is -0.143. The van der Waals surface area contributed by atoms with Crippen LogP contribution < -0.4 is 11.1 Å². The van der Waals surface area contributed by atoms with Gasteiger partial charge in [-0.25, -0.2) is 0 Å². The number of nitrogens with two attached hydrogens (primary N) is 1. The second-order valence-corrected chi connectivity index (χ2v) is 10.5. The van der Waals surface area contributed by atoms with Crippen LogP contribution in [0.25, 0.3) is 10.9 Å². The topological polar surface area (TPSA) is 128 Å². The smallest absolute Gasteiger partial charge is 0.244 e. The van der Waals surface area contributed by atoms with Gasteiger partial charge in [0.2, 0.25) is 11.8 Å². The molecule has 1 saturated carbocycles. The summed E-state index contributed by atoms with van der Waals surface area (Å²) >= 11 is 0. The second kappa shape index (κ2) is 7.06. The van der Waals surface area contributed by atoms with Gasteiger partial charge in [0.1, 0.15) is 12.1 Å². The zero-order valence-electron chi connectivity index (χ0n) is 18.6. The predicted octanol–water partition coefficient (Wildman–Crippen LogP) is 2.10. The maximum absolute atomic E-state index is 13.4. The Morgan fingerprint density at radius 3 is 2.74 bits per heavy atom. The van der Waals surface area contributed by atoms with Crippen LogP contribution >= 0.6 is 0 Å². The number of rotatable bonds is 4. The maximum atomic E-state index is 13.4. The number of H-pyrrole nitrogens is 1. The molecule has 1 aliphatic carbocycles. The summed E-state index contributed by atoms with van der Waals surface area (Å²) in [5.41, 5.74) is 7.24. The van der Waals surface area contributed by atoms with Crippen molar-refractivity contribution in [1.29, 1.82) is 5.26 Å². The van der Waals surface area contributed by atoms with E-state index in [1.165, 1.54) is 0 Å². The number of piperidine rings is 1. The molecule has 2 aromatic heterocycles. The minimum atomic E-state index is -0.867. The highest BCUT2D eigenvalue weighted by molar-refractivity contribution is 5.92. The Morgan fingerprint density at radius 1 is 1.39 bits per heavy atom. The molecule has 164 valence electrons. The molecule has 1 saturated heterocycles. The standard InChI is InChI=1S/C23H30N6O2/c1-22(2,3)19(25)21(31)29-11-14-17(23(14,4)5)18(29)20(30)28-15(8-24)13-9-26-10-16-12(13)6-7-27-16/h6-7,9-10,14-15,17-19,27H,11,25H2,1-5H3,(H,28,30)/t14-,15?,17-,18-,19+/m0/s1. The zero-order chi connectivity index (χ0) is 22.7. The van der Waals surface area contributed by atoms with Crippen molar-refractivity contribution in [3.05, 3.63) is 30.2 Å². The number of pyridine rings is 1. The number of amides is 2. The number of nitrogens with zero attached hydrogens (tertiary/aromatic N) is 3. The van der Waals surface area contributed by atoms with Crippen LogP contribution in [-0.4, -0.2) is 45.3 Å². The molecule has 4 rings (SSSR count). The zero-order valence-corrected chi connectivity index (χ0v) is 18.6. The highest BCUT2D eigenvalue weighted by Crippen LogP contribution is 2.65. The van der Waals surface area contributed by atoms with Gasteiger partial charge in [0.25, 0.3) is 0 Å². The fourth-order valence-electron chi connectivity index (χ4n) is 5.00. The van der Waals surface area contributed by atoms with Crippen LogP contribution in [0.1, 0.15) is 46.2 Å². The van der Waals surface area contributed by atoms with Gasteiger partial charge in [-0.2, -0.15) is 5.26 Å². The summed E-state index contributed by atoms with van der Waals surface area (Å²) in [4.78, 5) is 35.5. The van der Waals surface area contributed by atoms with Crippen molar-refractivity contribution >= 4 is 22.7 Å². The van der Waals surface area contributed by atoms with Crippen molar-refractivity contribution in [3.63, 3.8) is 0 Å². The van der Waals surface area contributed by atoms with Crippen molar-refractivity contribution in [2.75, 3.05) is 6.54 Å². The molecule has 3 heterocycles. The first kappa shape index (κ1) is 21.3. The van der Waals surface area contributed by atoms with E-state index in [9.17, 15) is 14.9 Å². The van der Waals surface area contributed by atoms with Crippen molar-refractivity contribution in [2.24, 2.45) is 28.4 Å². The average molecular weight is 423 g/mol. The lowest BCUT2D eigenvalue weighted by Crippen LogP contribution is -2.57. The molecule has 1 aliphatic heterocycles. The molecule has 2 aliphatic rings. The molecule has 2 aromatic rings. The number of fused-ring (bicyclic) bond motifs is 2. The van der Waals surface area contributed by atoms with Crippen molar-refractivity contribution in [1.82, 2.24) is 20.2 Å². The molecular weight excluding hydrogens is 392 g/mol. The Balaban J connectivity index is 1.61. The molecule has 0 spiro atoms. The summed E-state index contributed by atoms with van der Waals surface area (Å²) < 4.78 is 0. The fourth-order valence-corrected chi connectivity index (χ4v) is 5.00. The van der Waals surface area contributed by atoms with E-state index < -0.39 is 23.5 Å². The van der Waals surface area contributed by atoms with Crippen LogP contribution in [0.2, 0.25) is 0 Å².